The zero-order valence-corrected chi connectivity index (χ0v) is 18.5. The van der Waals surface area contributed by atoms with Crippen LogP contribution in [-0.4, -0.2) is 47.6 Å². The molecule has 0 aliphatic rings. The molecule has 0 aliphatic heterocycles. The standard InChI is InChI=1S/C22H22Cl2N2O2S/c1-15(21(27)13-25-11-17-7-3-5-9-19(17)23)29-16(2)22(28)14-26-12-18-8-4-6-10-20(18)24/h3-12,15-16H,13-14H2,1-2H3. The fourth-order valence-electron chi connectivity index (χ4n) is 2.34. The monoisotopic (exact) mass is 448 g/mol. The number of nitrogens with zero attached hydrogens (tertiary/aromatic N) is 2. The molecule has 7 heteroatoms. The number of halogens is 2. The van der Waals surface area contributed by atoms with Gasteiger partial charge in [0, 0.05) is 33.6 Å². The lowest BCUT2D eigenvalue weighted by atomic mass is 10.2. The Morgan fingerprint density at radius 2 is 1.21 bits per heavy atom. The molecule has 152 valence electrons. The summed E-state index contributed by atoms with van der Waals surface area (Å²) >= 11 is 13.4. The van der Waals surface area contributed by atoms with E-state index in [9.17, 15) is 9.59 Å². The largest absolute Gasteiger partial charge is 0.296 e. The number of aliphatic imine (C=N–C) groups is 2. The number of carbonyl (C=O) groups excluding carboxylic acids is 2. The summed E-state index contributed by atoms with van der Waals surface area (Å²) in [5, 5.41) is 0.486. The Balaban J connectivity index is 1.80. The molecule has 29 heavy (non-hydrogen) atoms. The zero-order valence-electron chi connectivity index (χ0n) is 16.2. The average molecular weight is 449 g/mol. The SMILES string of the molecule is CC(SC(C)C(=O)CN=Cc1ccccc1Cl)C(=O)CN=Cc1ccccc1Cl. The molecule has 0 heterocycles. The molecule has 0 aromatic heterocycles. The van der Waals surface area contributed by atoms with Crippen LogP contribution in [0.4, 0.5) is 0 Å². The van der Waals surface area contributed by atoms with Crippen LogP contribution >= 0.6 is 35.0 Å². The molecule has 4 nitrogen and oxygen atoms in total. The van der Waals surface area contributed by atoms with Gasteiger partial charge in [0.1, 0.15) is 0 Å². The van der Waals surface area contributed by atoms with Gasteiger partial charge in [-0.05, 0) is 26.0 Å². The van der Waals surface area contributed by atoms with E-state index in [0.717, 1.165) is 11.1 Å². The van der Waals surface area contributed by atoms with Crippen molar-refractivity contribution in [2.45, 2.75) is 24.3 Å². The fraction of sp³-hybridized carbons (Fsp3) is 0.273. The molecule has 0 amide bonds. The van der Waals surface area contributed by atoms with E-state index in [1.807, 2.05) is 36.4 Å². The predicted molar refractivity (Wildman–Crippen MR) is 124 cm³/mol. The van der Waals surface area contributed by atoms with Crippen LogP contribution < -0.4 is 0 Å². The van der Waals surface area contributed by atoms with Gasteiger partial charge in [-0.3, -0.25) is 19.6 Å². The van der Waals surface area contributed by atoms with Crippen molar-refractivity contribution in [3.8, 4) is 0 Å². The first-order chi connectivity index (χ1) is 13.9. The summed E-state index contributed by atoms with van der Waals surface area (Å²) in [6.07, 6.45) is 3.19. The first kappa shape index (κ1) is 23.3. The summed E-state index contributed by atoms with van der Waals surface area (Å²) in [5.41, 5.74) is 1.53. The minimum Gasteiger partial charge on any atom is -0.296 e. The topological polar surface area (TPSA) is 58.9 Å². The molecule has 2 unspecified atom stereocenters. The molecule has 2 aromatic carbocycles. The van der Waals surface area contributed by atoms with Gasteiger partial charge >= 0.3 is 0 Å². The molecule has 0 saturated carbocycles. The Morgan fingerprint density at radius 3 is 1.59 bits per heavy atom. The van der Waals surface area contributed by atoms with Crippen molar-refractivity contribution in [3.63, 3.8) is 0 Å². The van der Waals surface area contributed by atoms with Gasteiger partial charge in [0.15, 0.2) is 11.6 Å². The van der Waals surface area contributed by atoms with Gasteiger partial charge in [-0.25, -0.2) is 0 Å². The minimum absolute atomic E-state index is 0.0440. The van der Waals surface area contributed by atoms with Crippen molar-refractivity contribution in [2.75, 3.05) is 13.1 Å². The van der Waals surface area contributed by atoms with Crippen LogP contribution in [0, 0.1) is 0 Å². The first-order valence-corrected chi connectivity index (χ1v) is 10.8. The smallest absolute Gasteiger partial charge is 0.166 e. The van der Waals surface area contributed by atoms with E-state index in [1.54, 1.807) is 38.4 Å². The Bertz CT molecular complexity index is 842. The van der Waals surface area contributed by atoms with Crippen LogP contribution in [0.1, 0.15) is 25.0 Å². The van der Waals surface area contributed by atoms with Crippen molar-refractivity contribution < 1.29 is 9.59 Å². The number of rotatable bonds is 10. The number of Topliss-reactive ketones (excluding diaryl/α,β-unsaturated/α-hetero) is 2. The quantitative estimate of drug-likeness (QED) is 0.470. The molecule has 0 fully saturated rings. The van der Waals surface area contributed by atoms with Gasteiger partial charge in [0.25, 0.3) is 0 Å². The Labute approximate surface area is 185 Å². The lowest BCUT2D eigenvalue weighted by Crippen LogP contribution is -2.24. The summed E-state index contributed by atoms with van der Waals surface area (Å²) in [5.74, 6) is -0.0879. The van der Waals surface area contributed by atoms with Crippen LogP contribution in [0.25, 0.3) is 0 Å². The molecule has 0 aliphatic carbocycles. The maximum absolute atomic E-state index is 12.3. The highest BCUT2D eigenvalue weighted by Gasteiger charge is 2.20. The molecule has 2 aromatic rings. The number of benzene rings is 2. The Kier molecular flexibility index (Phi) is 9.58. The highest BCUT2D eigenvalue weighted by molar-refractivity contribution is 8.01. The first-order valence-electron chi connectivity index (χ1n) is 9.08. The molecule has 0 radical (unpaired) electrons. The maximum Gasteiger partial charge on any atom is 0.166 e. The Hall–Kier alpha value is -1.95. The highest BCUT2D eigenvalue weighted by Crippen LogP contribution is 2.20. The van der Waals surface area contributed by atoms with Crippen molar-refractivity contribution in [2.24, 2.45) is 9.98 Å². The number of thioether (sulfide) groups is 1. The zero-order chi connectivity index (χ0) is 21.2. The van der Waals surface area contributed by atoms with Gasteiger partial charge < -0.3 is 0 Å². The van der Waals surface area contributed by atoms with E-state index >= 15 is 0 Å². The van der Waals surface area contributed by atoms with E-state index in [0.29, 0.717) is 10.0 Å². The maximum atomic E-state index is 12.3. The summed E-state index contributed by atoms with van der Waals surface area (Å²) in [4.78, 5) is 32.9. The van der Waals surface area contributed by atoms with Crippen LogP contribution in [0.15, 0.2) is 58.5 Å². The summed E-state index contributed by atoms with van der Waals surface area (Å²) in [7, 11) is 0. The molecular weight excluding hydrogens is 427 g/mol. The predicted octanol–water partition coefficient (Wildman–Crippen LogP) is 5.18. The van der Waals surface area contributed by atoms with E-state index in [-0.39, 0.29) is 35.2 Å². The number of hydrogen-bond donors (Lipinski definition) is 0. The summed E-state index contributed by atoms with van der Waals surface area (Å²) < 4.78 is 0. The van der Waals surface area contributed by atoms with Crippen molar-refractivity contribution in [1.82, 2.24) is 0 Å². The average Bonchev–Trinajstić information content (AvgIpc) is 2.70. The molecule has 0 bridgehead atoms. The van der Waals surface area contributed by atoms with Crippen LogP contribution in [0.5, 0.6) is 0 Å². The molecule has 0 spiro atoms. The third kappa shape index (κ3) is 7.77. The lowest BCUT2D eigenvalue weighted by Gasteiger charge is -2.14. The van der Waals surface area contributed by atoms with Crippen molar-refractivity contribution >= 4 is 59.0 Å². The third-order valence-corrected chi connectivity index (χ3v) is 6.11. The molecular formula is C22H22Cl2N2O2S. The van der Waals surface area contributed by atoms with E-state index < -0.39 is 0 Å². The second-order valence-electron chi connectivity index (χ2n) is 6.34. The number of carbonyl (C=O) groups is 2. The number of ketones is 2. The van der Waals surface area contributed by atoms with Crippen LogP contribution in [-0.2, 0) is 9.59 Å². The fourth-order valence-corrected chi connectivity index (χ4v) is 3.78. The third-order valence-electron chi connectivity index (χ3n) is 4.08. The summed E-state index contributed by atoms with van der Waals surface area (Å²) in [6, 6.07) is 14.6. The van der Waals surface area contributed by atoms with Gasteiger partial charge in [-0.15, -0.1) is 11.8 Å². The molecule has 2 atom stereocenters. The van der Waals surface area contributed by atoms with E-state index in [1.165, 1.54) is 11.8 Å². The molecule has 0 N–H and O–H groups in total. The lowest BCUT2D eigenvalue weighted by molar-refractivity contribution is -0.117. The van der Waals surface area contributed by atoms with Gasteiger partial charge in [0.05, 0.1) is 23.6 Å². The van der Waals surface area contributed by atoms with E-state index in [4.69, 9.17) is 23.2 Å². The van der Waals surface area contributed by atoms with Crippen molar-refractivity contribution in [1.29, 1.82) is 0 Å². The molecule has 0 saturated heterocycles. The minimum atomic E-state index is -0.343. The van der Waals surface area contributed by atoms with Crippen LogP contribution in [0.2, 0.25) is 10.0 Å². The second kappa shape index (κ2) is 11.9. The second-order valence-corrected chi connectivity index (χ2v) is 8.84. The highest BCUT2D eigenvalue weighted by atomic mass is 35.5. The van der Waals surface area contributed by atoms with Crippen molar-refractivity contribution in [3.05, 3.63) is 69.7 Å². The van der Waals surface area contributed by atoms with Crippen LogP contribution in [0.3, 0.4) is 0 Å². The molecule has 2 rings (SSSR count). The van der Waals surface area contributed by atoms with Gasteiger partial charge in [-0.1, -0.05) is 59.6 Å². The number of hydrogen-bond acceptors (Lipinski definition) is 5. The van der Waals surface area contributed by atoms with E-state index in [2.05, 4.69) is 9.98 Å². The normalized spacial score (nSPS) is 13.7. The van der Waals surface area contributed by atoms with Gasteiger partial charge in [0.2, 0.25) is 0 Å². The van der Waals surface area contributed by atoms with Gasteiger partial charge in [-0.2, -0.15) is 0 Å². The summed E-state index contributed by atoms with van der Waals surface area (Å²) in [6.45, 7) is 3.67. The Morgan fingerprint density at radius 1 is 0.828 bits per heavy atom.